The first-order valence-electron chi connectivity index (χ1n) is 9.81. The molecule has 0 saturated carbocycles. The van der Waals surface area contributed by atoms with Gasteiger partial charge in [0.05, 0.1) is 5.54 Å². The summed E-state index contributed by atoms with van der Waals surface area (Å²) in [7, 11) is 0. The second kappa shape index (κ2) is 7.58. The van der Waals surface area contributed by atoms with E-state index in [9.17, 15) is 9.59 Å². The number of rotatable bonds is 4. The van der Waals surface area contributed by atoms with Crippen molar-refractivity contribution in [1.82, 2.24) is 15.5 Å². The minimum Gasteiger partial charge on any atom is -0.356 e. The Morgan fingerprint density at radius 2 is 1.83 bits per heavy atom. The summed E-state index contributed by atoms with van der Waals surface area (Å²) in [6.07, 6.45) is 0.975. The number of carbonyl (C=O) groups excluding carboxylic acids is 2. The van der Waals surface area contributed by atoms with Crippen LogP contribution in [0.15, 0.2) is 53.5 Å². The monoisotopic (exact) mass is 391 g/mol. The molecule has 0 unspecified atom stereocenters. The normalized spacial score (nSPS) is 17.0. The van der Waals surface area contributed by atoms with E-state index in [0.717, 1.165) is 37.4 Å². The fourth-order valence-electron chi connectivity index (χ4n) is 3.25. The number of nitrogens with one attached hydrogen (secondary N) is 3. The van der Waals surface area contributed by atoms with Gasteiger partial charge in [0.2, 0.25) is 0 Å². The summed E-state index contributed by atoms with van der Waals surface area (Å²) in [6.45, 7) is 6.44. The highest BCUT2D eigenvalue weighted by atomic mass is 16.2. The molecule has 7 heteroatoms. The number of anilines is 2. The molecule has 2 aliphatic heterocycles. The maximum Gasteiger partial charge on any atom is 0.257 e. The lowest BCUT2D eigenvalue weighted by Gasteiger charge is -2.15. The van der Waals surface area contributed by atoms with E-state index in [0.29, 0.717) is 17.1 Å². The zero-order chi connectivity index (χ0) is 20.4. The number of amides is 2. The molecule has 2 aromatic carbocycles. The Labute approximate surface area is 170 Å². The molecule has 0 atom stereocenters. The minimum absolute atomic E-state index is 0.0460. The van der Waals surface area contributed by atoms with Crippen molar-refractivity contribution >= 4 is 29.1 Å². The van der Waals surface area contributed by atoms with Gasteiger partial charge in [-0.05, 0) is 62.7 Å². The molecular formula is C22H25N5O2. The van der Waals surface area contributed by atoms with E-state index in [2.05, 4.69) is 34.8 Å². The average molecular weight is 391 g/mol. The van der Waals surface area contributed by atoms with Crippen molar-refractivity contribution in [3.05, 3.63) is 59.7 Å². The Hall–Kier alpha value is -3.35. The van der Waals surface area contributed by atoms with Gasteiger partial charge in [-0.25, -0.2) is 0 Å². The van der Waals surface area contributed by atoms with E-state index >= 15 is 0 Å². The molecule has 0 bridgehead atoms. The van der Waals surface area contributed by atoms with Gasteiger partial charge in [0.1, 0.15) is 0 Å². The SMILES string of the molecule is CC1(C)CN1C(=O)c1cccc(Nc2ccc(C(=O)NC3=NCCCN3)cc2)c1. The lowest BCUT2D eigenvalue weighted by atomic mass is 10.1. The van der Waals surface area contributed by atoms with Crippen LogP contribution in [0.25, 0.3) is 0 Å². The molecule has 0 aromatic heterocycles. The molecule has 2 amide bonds. The topological polar surface area (TPSA) is 85.6 Å². The van der Waals surface area contributed by atoms with Crippen LogP contribution in [-0.2, 0) is 0 Å². The predicted molar refractivity (Wildman–Crippen MR) is 114 cm³/mol. The van der Waals surface area contributed by atoms with Gasteiger partial charge in [0, 0.05) is 42.1 Å². The van der Waals surface area contributed by atoms with Gasteiger partial charge in [-0.15, -0.1) is 0 Å². The summed E-state index contributed by atoms with van der Waals surface area (Å²) in [5, 5.41) is 9.14. The molecule has 3 N–H and O–H groups in total. The Morgan fingerprint density at radius 1 is 1.07 bits per heavy atom. The van der Waals surface area contributed by atoms with Gasteiger partial charge in [-0.1, -0.05) is 6.07 Å². The smallest absolute Gasteiger partial charge is 0.257 e. The van der Waals surface area contributed by atoms with Crippen LogP contribution < -0.4 is 16.0 Å². The standard InChI is InChI=1S/C22H25N5O2/c1-22(2)14-27(22)20(29)16-5-3-6-18(13-16)25-17-9-7-15(8-10-17)19(28)26-21-23-11-4-12-24-21/h3,5-10,13,25H,4,11-12,14H2,1-2H3,(H2,23,24,26,28). The molecule has 150 valence electrons. The van der Waals surface area contributed by atoms with Gasteiger partial charge in [-0.3, -0.25) is 19.9 Å². The fourth-order valence-corrected chi connectivity index (χ4v) is 3.25. The second-order valence-electron chi connectivity index (χ2n) is 7.95. The van der Waals surface area contributed by atoms with Crippen molar-refractivity contribution in [2.24, 2.45) is 4.99 Å². The van der Waals surface area contributed by atoms with Gasteiger partial charge in [0.25, 0.3) is 11.8 Å². The predicted octanol–water partition coefficient (Wildman–Crippen LogP) is 2.74. The summed E-state index contributed by atoms with van der Waals surface area (Å²) < 4.78 is 0. The van der Waals surface area contributed by atoms with Gasteiger partial charge < -0.3 is 15.5 Å². The molecule has 29 heavy (non-hydrogen) atoms. The summed E-state index contributed by atoms with van der Waals surface area (Å²) in [4.78, 5) is 31.0. The van der Waals surface area contributed by atoms with Gasteiger partial charge in [-0.2, -0.15) is 0 Å². The third-order valence-electron chi connectivity index (χ3n) is 5.09. The van der Waals surface area contributed by atoms with E-state index in [1.165, 1.54) is 0 Å². The van der Waals surface area contributed by atoms with Crippen LogP contribution in [-0.4, -0.2) is 47.8 Å². The van der Waals surface area contributed by atoms with Crippen LogP contribution in [0.5, 0.6) is 0 Å². The number of hydrogen-bond acceptors (Lipinski definition) is 5. The van der Waals surface area contributed by atoms with Gasteiger partial charge in [0.15, 0.2) is 5.96 Å². The molecular weight excluding hydrogens is 366 g/mol. The summed E-state index contributed by atoms with van der Waals surface area (Å²) >= 11 is 0. The number of aliphatic imine (C=N–C) groups is 1. The van der Waals surface area contributed by atoms with Crippen LogP contribution in [0.1, 0.15) is 41.0 Å². The molecule has 7 nitrogen and oxygen atoms in total. The number of nitrogens with zero attached hydrogens (tertiary/aromatic N) is 2. The van der Waals surface area contributed by atoms with Crippen LogP contribution >= 0.6 is 0 Å². The van der Waals surface area contributed by atoms with E-state index in [-0.39, 0.29) is 17.4 Å². The van der Waals surface area contributed by atoms with E-state index in [4.69, 9.17) is 0 Å². The van der Waals surface area contributed by atoms with Crippen LogP contribution in [0.3, 0.4) is 0 Å². The Kier molecular flexibility index (Phi) is 4.96. The number of benzene rings is 2. The molecule has 2 heterocycles. The summed E-state index contributed by atoms with van der Waals surface area (Å²) in [6, 6.07) is 14.7. The lowest BCUT2D eigenvalue weighted by molar-refractivity contribution is 0.0860. The summed E-state index contributed by atoms with van der Waals surface area (Å²) in [5.74, 6) is 0.378. The highest BCUT2D eigenvalue weighted by Gasteiger charge is 2.46. The zero-order valence-electron chi connectivity index (χ0n) is 16.7. The van der Waals surface area contributed by atoms with E-state index in [1.807, 2.05) is 41.3 Å². The number of hydrogen-bond donors (Lipinski definition) is 3. The third-order valence-corrected chi connectivity index (χ3v) is 5.09. The Bertz CT molecular complexity index is 965. The van der Waals surface area contributed by atoms with E-state index < -0.39 is 0 Å². The van der Waals surface area contributed by atoms with Crippen molar-refractivity contribution in [2.45, 2.75) is 25.8 Å². The van der Waals surface area contributed by atoms with Crippen molar-refractivity contribution in [1.29, 1.82) is 0 Å². The highest BCUT2D eigenvalue weighted by molar-refractivity contribution is 6.06. The first-order chi connectivity index (χ1) is 13.9. The highest BCUT2D eigenvalue weighted by Crippen LogP contribution is 2.33. The molecule has 0 spiro atoms. The second-order valence-corrected chi connectivity index (χ2v) is 7.95. The zero-order valence-corrected chi connectivity index (χ0v) is 16.7. The molecule has 1 fully saturated rings. The quantitative estimate of drug-likeness (QED) is 0.700. The van der Waals surface area contributed by atoms with Crippen molar-refractivity contribution < 1.29 is 9.59 Å². The average Bonchev–Trinajstić information content (AvgIpc) is 3.37. The largest absolute Gasteiger partial charge is 0.356 e. The number of carbonyl (C=O) groups is 2. The fraction of sp³-hybridized carbons (Fsp3) is 0.318. The maximum atomic E-state index is 12.5. The molecule has 2 aliphatic rings. The molecule has 2 aromatic rings. The molecule has 4 rings (SSSR count). The van der Waals surface area contributed by atoms with Crippen LogP contribution in [0, 0.1) is 0 Å². The Balaban J connectivity index is 1.40. The van der Waals surface area contributed by atoms with Crippen molar-refractivity contribution in [2.75, 3.05) is 25.0 Å². The maximum absolute atomic E-state index is 12.5. The summed E-state index contributed by atoms with van der Waals surface area (Å²) in [5.41, 5.74) is 2.84. The first-order valence-corrected chi connectivity index (χ1v) is 9.81. The van der Waals surface area contributed by atoms with Gasteiger partial charge >= 0.3 is 0 Å². The molecule has 1 saturated heterocycles. The number of guanidine groups is 1. The molecule has 0 aliphatic carbocycles. The van der Waals surface area contributed by atoms with Crippen LogP contribution in [0.4, 0.5) is 11.4 Å². The third kappa shape index (κ3) is 4.39. The van der Waals surface area contributed by atoms with Crippen molar-refractivity contribution in [3.63, 3.8) is 0 Å². The van der Waals surface area contributed by atoms with Crippen LogP contribution in [0.2, 0.25) is 0 Å². The minimum atomic E-state index is -0.196. The van der Waals surface area contributed by atoms with E-state index in [1.54, 1.807) is 12.1 Å². The molecule has 0 radical (unpaired) electrons. The first kappa shape index (κ1) is 19.0. The Morgan fingerprint density at radius 3 is 2.48 bits per heavy atom. The van der Waals surface area contributed by atoms with Crippen molar-refractivity contribution in [3.8, 4) is 0 Å². The lowest BCUT2D eigenvalue weighted by Crippen LogP contribution is -2.43.